The Morgan fingerprint density at radius 3 is 2.24 bits per heavy atom. The standard InChI is InChI=1S/C28H26F2N2O5/c1-5-35-24-12-8-23(9-13-24)32-17(2)14-21(18(32)3)15-22(16-31)27(34)36-19(4)26(33)20-6-10-25(11-7-20)37-28(29)30/h6-15,19,28H,5H2,1-4H3/b22-15-. The number of halogens is 2. The summed E-state index contributed by atoms with van der Waals surface area (Å²) in [7, 11) is 0. The second-order valence-electron chi connectivity index (χ2n) is 8.07. The highest BCUT2D eigenvalue weighted by Crippen LogP contribution is 2.25. The molecule has 0 amide bonds. The van der Waals surface area contributed by atoms with Crippen molar-refractivity contribution in [1.29, 1.82) is 5.26 Å². The first kappa shape index (κ1) is 27.1. The number of nitrogens with zero attached hydrogens (tertiary/aromatic N) is 2. The van der Waals surface area contributed by atoms with Crippen LogP contribution < -0.4 is 9.47 Å². The number of alkyl halides is 2. The number of hydrogen-bond acceptors (Lipinski definition) is 6. The van der Waals surface area contributed by atoms with Gasteiger partial charge in [-0.05, 0) is 93.9 Å². The van der Waals surface area contributed by atoms with E-state index >= 15 is 0 Å². The number of rotatable bonds is 10. The highest BCUT2D eigenvalue weighted by molar-refractivity contribution is 6.03. The molecular formula is C28H26F2N2O5. The van der Waals surface area contributed by atoms with Gasteiger partial charge in [0.05, 0.1) is 6.61 Å². The number of Topliss-reactive ketones (excluding diaryl/α,β-unsaturated/α-hetero) is 1. The molecule has 1 unspecified atom stereocenters. The molecule has 37 heavy (non-hydrogen) atoms. The summed E-state index contributed by atoms with van der Waals surface area (Å²) in [5, 5.41) is 9.59. The van der Waals surface area contributed by atoms with Gasteiger partial charge in [-0.2, -0.15) is 14.0 Å². The van der Waals surface area contributed by atoms with Crippen molar-refractivity contribution in [2.24, 2.45) is 0 Å². The van der Waals surface area contributed by atoms with Gasteiger partial charge < -0.3 is 18.8 Å². The van der Waals surface area contributed by atoms with Crippen molar-refractivity contribution in [3.8, 4) is 23.3 Å². The number of carbonyl (C=O) groups is 2. The average molecular weight is 509 g/mol. The van der Waals surface area contributed by atoms with E-state index in [2.05, 4.69) is 4.74 Å². The van der Waals surface area contributed by atoms with Crippen LogP contribution in [-0.2, 0) is 9.53 Å². The molecular weight excluding hydrogens is 482 g/mol. The molecule has 2 aromatic carbocycles. The first-order chi connectivity index (χ1) is 17.6. The summed E-state index contributed by atoms with van der Waals surface area (Å²) in [4.78, 5) is 25.3. The molecule has 0 bridgehead atoms. The predicted molar refractivity (Wildman–Crippen MR) is 133 cm³/mol. The first-order valence-electron chi connectivity index (χ1n) is 11.5. The average Bonchev–Trinajstić information content (AvgIpc) is 3.15. The van der Waals surface area contributed by atoms with Gasteiger partial charge in [0.2, 0.25) is 5.78 Å². The van der Waals surface area contributed by atoms with E-state index in [1.165, 1.54) is 37.3 Å². The van der Waals surface area contributed by atoms with Gasteiger partial charge in [-0.3, -0.25) is 4.79 Å². The highest BCUT2D eigenvalue weighted by atomic mass is 19.3. The van der Waals surface area contributed by atoms with Crippen molar-refractivity contribution in [3.05, 3.63) is 82.7 Å². The van der Waals surface area contributed by atoms with E-state index in [4.69, 9.17) is 9.47 Å². The number of hydrogen-bond donors (Lipinski definition) is 0. The molecule has 0 fully saturated rings. The quantitative estimate of drug-likeness (QED) is 0.148. The van der Waals surface area contributed by atoms with Crippen LogP contribution in [-0.4, -0.2) is 35.6 Å². The van der Waals surface area contributed by atoms with E-state index in [1.54, 1.807) is 0 Å². The molecule has 192 valence electrons. The molecule has 0 N–H and O–H groups in total. The molecule has 0 aliphatic carbocycles. The smallest absolute Gasteiger partial charge is 0.387 e. The van der Waals surface area contributed by atoms with E-state index < -0.39 is 24.5 Å². The lowest BCUT2D eigenvalue weighted by molar-refractivity contribution is -0.141. The molecule has 0 aliphatic heterocycles. The molecule has 0 saturated heterocycles. The first-order valence-corrected chi connectivity index (χ1v) is 11.5. The van der Waals surface area contributed by atoms with Crippen molar-refractivity contribution in [3.63, 3.8) is 0 Å². The van der Waals surface area contributed by atoms with E-state index in [0.717, 1.165) is 22.8 Å². The maximum Gasteiger partial charge on any atom is 0.387 e. The normalized spacial score (nSPS) is 12.1. The summed E-state index contributed by atoms with van der Waals surface area (Å²) >= 11 is 0. The van der Waals surface area contributed by atoms with Crippen LogP contribution in [0.4, 0.5) is 8.78 Å². The Morgan fingerprint density at radius 1 is 1.05 bits per heavy atom. The largest absolute Gasteiger partial charge is 0.494 e. The van der Waals surface area contributed by atoms with Crippen molar-refractivity contribution in [2.45, 2.75) is 40.4 Å². The Bertz CT molecular complexity index is 1340. The molecule has 0 spiro atoms. The lowest BCUT2D eigenvalue weighted by Gasteiger charge is -2.13. The lowest BCUT2D eigenvalue weighted by atomic mass is 10.1. The van der Waals surface area contributed by atoms with Gasteiger partial charge in [0.1, 0.15) is 23.1 Å². The van der Waals surface area contributed by atoms with Crippen LogP contribution in [0.2, 0.25) is 0 Å². The SMILES string of the molecule is CCOc1ccc(-n2c(C)cc(/C=C(/C#N)C(=O)OC(C)C(=O)c3ccc(OC(F)F)cc3)c2C)cc1. The molecule has 9 heteroatoms. The minimum atomic E-state index is -2.98. The fourth-order valence-corrected chi connectivity index (χ4v) is 3.79. The zero-order chi connectivity index (χ0) is 27.1. The van der Waals surface area contributed by atoms with Crippen LogP contribution in [0.1, 0.15) is 41.2 Å². The van der Waals surface area contributed by atoms with Gasteiger partial charge in [-0.15, -0.1) is 0 Å². The van der Waals surface area contributed by atoms with Gasteiger partial charge in [0, 0.05) is 22.6 Å². The molecule has 0 saturated carbocycles. The Labute approximate surface area is 213 Å². The van der Waals surface area contributed by atoms with Crippen LogP contribution in [0.25, 0.3) is 11.8 Å². The maximum atomic E-state index is 12.7. The fraction of sp³-hybridized carbons (Fsp3) is 0.250. The Kier molecular flexibility index (Phi) is 8.80. The van der Waals surface area contributed by atoms with Crippen LogP contribution in [0.3, 0.4) is 0 Å². The third-order valence-corrected chi connectivity index (χ3v) is 5.53. The highest BCUT2D eigenvalue weighted by Gasteiger charge is 2.23. The van der Waals surface area contributed by atoms with Gasteiger partial charge >= 0.3 is 12.6 Å². The van der Waals surface area contributed by atoms with Crippen LogP contribution in [0, 0.1) is 25.2 Å². The van der Waals surface area contributed by atoms with Gasteiger partial charge in [0.25, 0.3) is 0 Å². The second kappa shape index (κ2) is 12.0. The minimum absolute atomic E-state index is 0.103. The summed E-state index contributed by atoms with van der Waals surface area (Å²) in [5.41, 5.74) is 3.10. The van der Waals surface area contributed by atoms with Crippen LogP contribution in [0.15, 0.2) is 60.2 Å². The van der Waals surface area contributed by atoms with Crippen LogP contribution >= 0.6 is 0 Å². The Balaban J connectivity index is 1.76. The van der Waals surface area contributed by atoms with Gasteiger partial charge in [-0.25, -0.2) is 4.79 Å². The lowest BCUT2D eigenvalue weighted by Crippen LogP contribution is -2.25. The Morgan fingerprint density at radius 2 is 1.68 bits per heavy atom. The summed E-state index contributed by atoms with van der Waals surface area (Å²) in [5.74, 6) is -0.854. The molecule has 3 rings (SSSR count). The molecule has 1 heterocycles. The predicted octanol–water partition coefficient (Wildman–Crippen LogP) is 5.82. The number of aromatic nitrogens is 1. The number of aryl methyl sites for hydroxylation is 1. The summed E-state index contributed by atoms with van der Waals surface area (Å²) in [6, 6.07) is 16.3. The third kappa shape index (κ3) is 6.61. The molecule has 7 nitrogen and oxygen atoms in total. The van der Waals surface area contributed by atoms with E-state index in [-0.39, 0.29) is 16.9 Å². The molecule has 1 aromatic heterocycles. The van der Waals surface area contributed by atoms with E-state index in [9.17, 15) is 23.6 Å². The summed E-state index contributed by atoms with van der Waals surface area (Å²) < 4.78 is 41.6. The van der Waals surface area contributed by atoms with Gasteiger partial charge in [-0.1, -0.05) is 0 Å². The Hall–Kier alpha value is -4.45. The fourth-order valence-electron chi connectivity index (χ4n) is 3.79. The number of ketones is 1. The van der Waals surface area contributed by atoms with Crippen molar-refractivity contribution in [1.82, 2.24) is 4.57 Å². The molecule has 1 atom stereocenters. The molecule has 0 radical (unpaired) electrons. The summed E-state index contributed by atoms with van der Waals surface area (Å²) in [6.07, 6.45) is 0.214. The van der Waals surface area contributed by atoms with Crippen molar-refractivity contribution in [2.75, 3.05) is 6.61 Å². The van der Waals surface area contributed by atoms with Gasteiger partial charge in [0.15, 0.2) is 6.10 Å². The zero-order valence-electron chi connectivity index (χ0n) is 20.8. The van der Waals surface area contributed by atoms with E-state index in [1.807, 2.05) is 61.7 Å². The zero-order valence-corrected chi connectivity index (χ0v) is 20.8. The number of ether oxygens (including phenoxy) is 3. The van der Waals surface area contributed by atoms with Crippen molar-refractivity contribution >= 4 is 17.8 Å². The third-order valence-electron chi connectivity index (χ3n) is 5.53. The number of benzene rings is 2. The summed E-state index contributed by atoms with van der Waals surface area (Å²) in [6.45, 7) is 4.63. The number of nitriles is 1. The van der Waals surface area contributed by atoms with E-state index in [0.29, 0.717) is 12.2 Å². The maximum absolute atomic E-state index is 12.7. The monoisotopic (exact) mass is 508 g/mol. The molecule has 3 aromatic rings. The van der Waals surface area contributed by atoms with Crippen LogP contribution in [0.5, 0.6) is 11.5 Å². The second-order valence-corrected chi connectivity index (χ2v) is 8.07. The minimum Gasteiger partial charge on any atom is -0.494 e. The number of esters is 1. The topological polar surface area (TPSA) is 90.5 Å². The number of carbonyl (C=O) groups excluding carboxylic acids is 2. The van der Waals surface area contributed by atoms with Crippen molar-refractivity contribution < 1.29 is 32.6 Å². The molecule has 0 aliphatic rings.